The molecule has 0 saturated carbocycles. The highest BCUT2D eigenvalue weighted by Crippen LogP contribution is 2.29. The number of nitrogens with zero attached hydrogens (tertiary/aromatic N) is 1. The molecule has 5 nitrogen and oxygen atoms in total. The maximum Gasteiger partial charge on any atom is 0.258 e. The summed E-state index contributed by atoms with van der Waals surface area (Å²) >= 11 is 6.04. The number of carbonyl (C=O) groups excluding carboxylic acids is 1. The number of rotatable bonds is 5. The van der Waals surface area contributed by atoms with Crippen molar-refractivity contribution >= 4 is 23.2 Å². The Morgan fingerprint density at radius 2 is 1.73 bits per heavy atom. The van der Waals surface area contributed by atoms with Crippen LogP contribution in [-0.2, 0) is 9.47 Å². The number of methoxy groups -OCH3 is 2. The second kappa shape index (κ2) is 9.55. The molecule has 1 heterocycles. The van der Waals surface area contributed by atoms with Crippen molar-refractivity contribution in [3.05, 3.63) is 83.1 Å². The van der Waals surface area contributed by atoms with Gasteiger partial charge in [-0.2, -0.15) is 0 Å². The molecule has 152 valence electrons. The summed E-state index contributed by atoms with van der Waals surface area (Å²) in [5.74, 6) is 4.74. The molecule has 0 radical (unpaired) electrons. The standard InChI is InChI=1S/C24H21ClN2O3/c1-24(29-2,30-3)15-14-17-10-12-18(13-11-17)19-7-4-5-9-21(19)27-23(28)20-8-6-16-26-22(20)25/h4-13,16H,1-3H3,(H,27,28). The first-order valence-corrected chi connectivity index (χ1v) is 9.58. The second-order valence-corrected chi connectivity index (χ2v) is 6.88. The van der Waals surface area contributed by atoms with Gasteiger partial charge in [-0.3, -0.25) is 4.79 Å². The van der Waals surface area contributed by atoms with E-state index >= 15 is 0 Å². The number of para-hydroxylation sites is 1. The molecule has 3 rings (SSSR count). The fraction of sp³-hybridized carbons (Fsp3) is 0.167. The molecule has 0 bridgehead atoms. The maximum atomic E-state index is 12.6. The van der Waals surface area contributed by atoms with Crippen LogP contribution < -0.4 is 5.32 Å². The van der Waals surface area contributed by atoms with Crippen molar-refractivity contribution in [3.8, 4) is 23.0 Å². The highest BCUT2D eigenvalue weighted by Gasteiger charge is 2.18. The summed E-state index contributed by atoms with van der Waals surface area (Å²) < 4.78 is 10.5. The van der Waals surface area contributed by atoms with Gasteiger partial charge in [0.1, 0.15) is 5.15 Å². The lowest BCUT2D eigenvalue weighted by atomic mass is 10.0. The SMILES string of the molecule is COC(C)(C#Cc1ccc(-c2ccccc2NC(=O)c2cccnc2Cl)cc1)OC. The van der Waals surface area contributed by atoms with Crippen molar-refractivity contribution in [2.75, 3.05) is 19.5 Å². The minimum Gasteiger partial charge on any atom is -0.343 e. The third kappa shape index (κ3) is 5.05. The first-order valence-electron chi connectivity index (χ1n) is 9.20. The van der Waals surface area contributed by atoms with Gasteiger partial charge in [-0.05, 0) is 41.8 Å². The Morgan fingerprint density at radius 3 is 2.40 bits per heavy atom. The number of hydrogen-bond donors (Lipinski definition) is 1. The van der Waals surface area contributed by atoms with E-state index in [-0.39, 0.29) is 11.1 Å². The van der Waals surface area contributed by atoms with E-state index in [0.717, 1.165) is 16.7 Å². The highest BCUT2D eigenvalue weighted by molar-refractivity contribution is 6.33. The highest BCUT2D eigenvalue weighted by atomic mass is 35.5. The molecular formula is C24H21ClN2O3. The number of ether oxygens (including phenoxy) is 2. The van der Waals surface area contributed by atoms with Gasteiger partial charge in [0.25, 0.3) is 5.91 Å². The molecule has 3 aromatic rings. The minimum absolute atomic E-state index is 0.162. The Bertz CT molecular complexity index is 1100. The molecule has 0 unspecified atom stereocenters. The number of amides is 1. The van der Waals surface area contributed by atoms with Crippen molar-refractivity contribution in [2.45, 2.75) is 12.7 Å². The largest absolute Gasteiger partial charge is 0.343 e. The lowest BCUT2D eigenvalue weighted by Gasteiger charge is -2.18. The van der Waals surface area contributed by atoms with Gasteiger partial charge in [-0.15, -0.1) is 0 Å². The van der Waals surface area contributed by atoms with Crippen molar-refractivity contribution in [3.63, 3.8) is 0 Å². The Labute approximate surface area is 181 Å². The number of hydrogen-bond acceptors (Lipinski definition) is 4. The Kier molecular flexibility index (Phi) is 6.86. The Balaban J connectivity index is 1.85. The van der Waals surface area contributed by atoms with Crippen LogP contribution in [0.3, 0.4) is 0 Å². The lowest BCUT2D eigenvalue weighted by molar-refractivity contribution is -0.148. The number of pyridine rings is 1. The zero-order chi connectivity index (χ0) is 21.6. The van der Waals surface area contributed by atoms with Gasteiger partial charge < -0.3 is 14.8 Å². The van der Waals surface area contributed by atoms with E-state index in [4.69, 9.17) is 21.1 Å². The Morgan fingerprint density at radius 1 is 1.03 bits per heavy atom. The average Bonchev–Trinajstić information content (AvgIpc) is 2.78. The number of aromatic nitrogens is 1. The van der Waals surface area contributed by atoms with Crippen LogP contribution in [0.4, 0.5) is 5.69 Å². The number of anilines is 1. The molecule has 2 aromatic carbocycles. The molecule has 0 aliphatic carbocycles. The van der Waals surface area contributed by atoms with Gasteiger partial charge in [0.2, 0.25) is 5.79 Å². The van der Waals surface area contributed by atoms with E-state index < -0.39 is 5.79 Å². The normalized spacial score (nSPS) is 10.8. The van der Waals surface area contributed by atoms with E-state index in [1.165, 1.54) is 0 Å². The first-order chi connectivity index (χ1) is 14.5. The topological polar surface area (TPSA) is 60.5 Å². The molecule has 0 saturated heterocycles. The van der Waals surface area contributed by atoms with Gasteiger partial charge in [-0.25, -0.2) is 4.98 Å². The summed E-state index contributed by atoms with van der Waals surface area (Å²) in [6, 6.07) is 18.6. The molecule has 1 aromatic heterocycles. The van der Waals surface area contributed by atoms with Crippen LogP contribution in [0.2, 0.25) is 5.15 Å². The van der Waals surface area contributed by atoms with E-state index in [2.05, 4.69) is 22.1 Å². The van der Waals surface area contributed by atoms with E-state index in [1.807, 2.05) is 48.5 Å². The first kappa shape index (κ1) is 21.5. The van der Waals surface area contributed by atoms with Crippen LogP contribution in [0, 0.1) is 11.8 Å². The average molecular weight is 421 g/mol. The molecule has 0 aliphatic rings. The Hall–Kier alpha value is -3.17. The molecule has 0 fully saturated rings. The predicted octanol–water partition coefficient (Wildman–Crippen LogP) is 5.01. The van der Waals surface area contributed by atoms with Crippen molar-refractivity contribution in [1.29, 1.82) is 0 Å². The number of benzene rings is 2. The number of halogens is 1. The van der Waals surface area contributed by atoms with Crippen molar-refractivity contribution in [2.24, 2.45) is 0 Å². The van der Waals surface area contributed by atoms with Crippen LogP contribution in [0.1, 0.15) is 22.8 Å². The third-order valence-electron chi connectivity index (χ3n) is 4.59. The molecule has 1 amide bonds. The third-order valence-corrected chi connectivity index (χ3v) is 4.89. The van der Waals surface area contributed by atoms with Crippen LogP contribution in [0.25, 0.3) is 11.1 Å². The molecule has 6 heteroatoms. The van der Waals surface area contributed by atoms with Crippen LogP contribution in [0.15, 0.2) is 66.9 Å². The van der Waals surface area contributed by atoms with Gasteiger partial charge in [-0.1, -0.05) is 47.9 Å². The molecule has 0 aliphatic heterocycles. The van der Waals surface area contributed by atoms with E-state index in [0.29, 0.717) is 11.3 Å². The molecule has 0 spiro atoms. The van der Waals surface area contributed by atoms with Gasteiger partial charge in [0.15, 0.2) is 0 Å². The van der Waals surface area contributed by atoms with Gasteiger partial charge in [0.05, 0.1) is 5.56 Å². The van der Waals surface area contributed by atoms with Crippen LogP contribution in [-0.4, -0.2) is 30.9 Å². The van der Waals surface area contributed by atoms with Crippen LogP contribution in [0.5, 0.6) is 0 Å². The fourth-order valence-electron chi connectivity index (χ4n) is 2.69. The summed E-state index contributed by atoms with van der Waals surface area (Å²) in [6.45, 7) is 1.75. The fourth-order valence-corrected chi connectivity index (χ4v) is 2.90. The van der Waals surface area contributed by atoms with E-state index in [9.17, 15) is 4.79 Å². The number of carbonyl (C=O) groups is 1. The maximum absolute atomic E-state index is 12.6. The van der Waals surface area contributed by atoms with Crippen molar-refractivity contribution < 1.29 is 14.3 Å². The minimum atomic E-state index is -0.955. The zero-order valence-corrected chi connectivity index (χ0v) is 17.7. The number of nitrogens with one attached hydrogen (secondary N) is 1. The molecule has 0 atom stereocenters. The predicted molar refractivity (Wildman–Crippen MR) is 118 cm³/mol. The smallest absolute Gasteiger partial charge is 0.258 e. The summed E-state index contributed by atoms with van der Waals surface area (Å²) in [5, 5.41) is 3.08. The summed E-state index contributed by atoms with van der Waals surface area (Å²) in [4.78, 5) is 16.6. The second-order valence-electron chi connectivity index (χ2n) is 6.52. The summed E-state index contributed by atoms with van der Waals surface area (Å²) in [6.07, 6.45) is 1.54. The molecule has 1 N–H and O–H groups in total. The van der Waals surface area contributed by atoms with Crippen molar-refractivity contribution in [1.82, 2.24) is 4.98 Å². The lowest BCUT2D eigenvalue weighted by Crippen LogP contribution is -2.27. The quantitative estimate of drug-likeness (QED) is 0.358. The summed E-state index contributed by atoms with van der Waals surface area (Å²) in [5.41, 5.74) is 3.63. The van der Waals surface area contributed by atoms with Crippen LogP contribution >= 0.6 is 11.6 Å². The van der Waals surface area contributed by atoms with Gasteiger partial charge in [0, 0.05) is 44.2 Å². The van der Waals surface area contributed by atoms with E-state index in [1.54, 1.807) is 39.5 Å². The van der Waals surface area contributed by atoms with Gasteiger partial charge >= 0.3 is 0 Å². The molecular weight excluding hydrogens is 400 g/mol. The summed E-state index contributed by atoms with van der Waals surface area (Å²) in [7, 11) is 3.09. The monoisotopic (exact) mass is 420 g/mol. The molecule has 30 heavy (non-hydrogen) atoms. The zero-order valence-electron chi connectivity index (χ0n) is 16.9.